The van der Waals surface area contributed by atoms with Gasteiger partial charge in [0.2, 0.25) is 0 Å². The van der Waals surface area contributed by atoms with Gasteiger partial charge in [-0.25, -0.2) is 9.37 Å². The molecule has 0 aliphatic rings. The molecule has 0 fully saturated rings. The van der Waals surface area contributed by atoms with Gasteiger partial charge in [0, 0.05) is 5.56 Å². The predicted octanol–water partition coefficient (Wildman–Crippen LogP) is 1.16. The number of nitrogens with zero attached hydrogens (tertiary/aromatic N) is 1. The topological polar surface area (TPSA) is 74.8 Å². The Morgan fingerprint density at radius 3 is 2.65 bits per heavy atom. The second-order valence-electron chi connectivity index (χ2n) is 3.26. The molecule has 0 aliphatic heterocycles. The highest BCUT2D eigenvalue weighted by molar-refractivity contribution is 6.04. The maximum absolute atomic E-state index is 12.6. The molecule has 2 rings (SSSR count). The maximum Gasteiger partial charge on any atom is 0.274 e. The normalized spacial score (nSPS) is 9.94. The predicted molar refractivity (Wildman–Crippen MR) is 59.2 cm³/mol. The molecule has 1 aromatic carbocycles. The standard InChI is InChI=1S/C11H8FN3O2/c12-8-3-1-7(2-4-8)10(16)15-9-5-13-6-14-11(9)17/h1-6H,(H,15,16)(H,13,14,17). The van der Waals surface area contributed by atoms with E-state index >= 15 is 0 Å². The highest BCUT2D eigenvalue weighted by Crippen LogP contribution is 2.05. The first-order valence-corrected chi connectivity index (χ1v) is 4.76. The van der Waals surface area contributed by atoms with Crippen LogP contribution in [0.1, 0.15) is 10.4 Å². The number of benzene rings is 1. The summed E-state index contributed by atoms with van der Waals surface area (Å²) in [6.45, 7) is 0. The van der Waals surface area contributed by atoms with E-state index in [2.05, 4.69) is 15.3 Å². The third-order valence-corrected chi connectivity index (χ3v) is 2.07. The van der Waals surface area contributed by atoms with E-state index in [1.165, 1.54) is 36.8 Å². The first-order valence-electron chi connectivity index (χ1n) is 4.76. The molecule has 0 radical (unpaired) electrons. The van der Waals surface area contributed by atoms with Gasteiger partial charge in [0.05, 0.1) is 12.5 Å². The summed E-state index contributed by atoms with van der Waals surface area (Å²) in [5, 5.41) is 2.38. The van der Waals surface area contributed by atoms with Crippen LogP contribution in [0, 0.1) is 5.82 Å². The number of carbonyl (C=O) groups is 1. The van der Waals surface area contributed by atoms with Crippen molar-refractivity contribution < 1.29 is 9.18 Å². The van der Waals surface area contributed by atoms with Crippen molar-refractivity contribution in [2.24, 2.45) is 0 Å². The molecule has 86 valence electrons. The van der Waals surface area contributed by atoms with Crippen molar-refractivity contribution in [3.05, 3.63) is 58.5 Å². The van der Waals surface area contributed by atoms with Crippen LogP contribution in [0.4, 0.5) is 10.1 Å². The Labute approximate surface area is 95.3 Å². The summed E-state index contributed by atoms with van der Waals surface area (Å²) in [5.74, 6) is -0.927. The number of aromatic nitrogens is 2. The van der Waals surface area contributed by atoms with E-state index in [0.717, 1.165) is 0 Å². The summed E-state index contributed by atoms with van der Waals surface area (Å²) in [4.78, 5) is 28.9. The number of halogens is 1. The molecule has 2 N–H and O–H groups in total. The molecule has 0 bridgehead atoms. The molecule has 1 heterocycles. The van der Waals surface area contributed by atoms with Crippen LogP contribution < -0.4 is 10.9 Å². The Kier molecular flexibility index (Phi) is 2.95. The van der Waals surface area contributed by atoms with E-state index in [9.17, 15) is 14.0 Å². The number of aromatic amines is 1. The molecule has 0 unspecified atom stereocenters. The average molecular weight is 233 g/mol. The summed E-state index contributed by atoms with van der Waals surface area (Å²) in [6, 6.07) is 5.00. The lowest BCUT2D eigenvalue weighted by molar-refractivity contribution is 0.102. The third-order valence-electron chi connectivity index (χ3n) is 2.07. The molecule has 1 aromatic heterocycles. The van der Waals surface area contributed by atoms with Gasteiger partial charge in [-0.1, -0.05) is 0 Å². The maximum atomic E-state index is 12.6. The zero-order valence-electron chi connectivity index (χ0n) is 8.61. The van der Waals surface area contributed by atoms with Gasteiger partial charge in [-0.2, -0.15) is 0 Å². The smallest absolute Gasteiger partial charge is 0.274 e. The molecule has 0 atom stereocenters. The van der Waals surface area contributed by atoms with Gasteiger partial charge in [-0.3, -0.25) is 9.59 Å². The molecule has 1 amide bonds. The average Bonchev–Trinajstić information content (AvgIpc) is 2.33. The lowest BCUT2D eigenvalue weighted by Crippen LogP contribution is -2.19. The van der Waals surface area contributed by atoms with Crippen LogP contribution in [0.3, 0.4) is 0 Å². The van der Waals surface area contributed by atoms with Crippen LogP contribution >= 0.6 is 0 Å². The number of anilines is 1. The fourth-order valence-electron chi connectivity index (χ4n) is 1.23. The molecule has 0 spiro atoms. The SMILES string of the molecule is O=C(Nc1cnc[nH]c1=O)c1ccc(F)cc1. The summed E-state index contributed by atoms with van der Waals surface area (Å²) >= 11 is 0. The van der Waals surface area contributed by atoms with Crippen molar-refractivity contribution in [2.75, 3.05) is 5.32 Å². The summed E-state index contributed by atoms with van der Waals surface area (Å²) in [5.41, 5.74) is -0.146. The lowest BCUT2D eigenvalue weighted by Gasteiger charge is -2.03. The molecule has 0 saturated heterocycles. The van der Waals surface area contributed by atoms with Gasteiger partial charge in [-0.15, -0.1) is 0 Å². The Bertz CT molecular complexity index is 592. The van der Waals surface area contributed by atoms with Crippen LogP contribution in [0.15, 0.2) is 41.6 Å². The highest BCUT2D eigenvalue weighted by Gasteiger charge is 2.08. The summed E-state index contributed by atoms with van der Waals surface area (Å²) < 4.78 is 12.6. The number of nitrogens with one attached hydrogen (secondary N) is 2. The first kappa shape index (κ1) is 11.0. The molecule has 0 aliphatic carbocycles. The zero-order valence-corrected chi connectivity index (χ0v) is 8.61. The molecule has 0 saturated carbocycles. The van der Waals surface area contributed by atoms with Crippen LogP contribution in [0.2, 0.25) is 0 Å². The molecule has 2 aromatic rings. The number of hydrogen-bond donors (Lipinski definition) is 2. The Morgan fingerprint density at radius 2 is 2.00 bits per heavy atom. The Hall–Kier alpha value is -2.50. The van der Waals surface area contributed by atoms with Crippen LogP contribution in [0.25, 0.3) is 0 Å². The number of amides is 1. The number of H-pyrrole nitrogens is 1. The van der Waals surface area contributed by atoms with Crippen molar-refractivity contribution in [3.8, 4) is 0 Å². The fourth-order valence-corrected chi connectivity index (χ4v) is 1.23. The van der Waals surface area contributed by atoms with E-state index in [1.807, 2.05) is 0 Å². The molecule has 6 heteroatoms. The molecular formula is C11H8FN3O2. The van der Waals surface area contributed by atoms with Gasteiger partial charge in [-0.05, 0) is 24.3 Å². The second-order valence-corrected chi connectivity index (χ2v) is 3.26. The minimum atomic E-state index is -0.497. The van der Waals surface area contributed by atoms with E-state index in [-0.39, 0.29) is 11.3 Å². The number of hydrogen-bond acceptors (Lipinski definition) is 3. The summed E-state index contributed by atoms with van der Waals surface area (Å²) in [6.07, 6.45) is 2.45. The number of carbonyl (C=O) groups excluding carboxylic acids is 1. The third kappa shape index (κ3) is 2.54. The summed E-state index contributed by atoms with van der Waals surface area (Å²) in [7, 11) is 0. The largest absolute Gasteiger partial charge is 0.316 e. The van der Waals surface area contributed by atoms with Crippen LogP contribution in [-0.4, -0.2) is 15.9 Å². The first-order chi connectivity index (χ1) is 8.16. The Balaban J connectivity index is 2.20. The molecule has 17 heavy (non-hydrogen) atoms. The van der Waals surface area contributed by atoms with Crippen LogP contribution in [0.5, 0.6) is 0 Å². The van der Waals surface area contributed by atoms with Crippen molar-refractivity contribution in [2.45, 2.75) is 0 Å². The van der Waals surface area contributed by atoms with Gasteiger partial charge in [0.15, 0.2) is 0 Å². The molecule has 5 nitrogen and oxygen atoms in total. The van der Waals surface area contributed by atoms with E-state index in [0.29, 0.717) is 0 Å². The quantitative estimate of drug-likeness (QED) is 0.817. The van der Waals surface area contributed by atoms with Gasteiger partial charge in [0.25, 0.3) is 11.5 Å². The van der Waals surface area contributed by atoms with E-state index in [1.54, 1.807) is 0 Å². The van der Waals surface area contributed by atoms with Crippen molar-refractivity contribution >= 4 is 11.6 Å². The monoisotopic (exact) mass is 233 g/mol. The second kappa shape index (κ2) is 4.56. The minimum absolute atomic E-state index is 0.0434. The zero-order chi connectivity index (χ0) is 12.3. The van der Waals surface area contributed by atoms with Crippen molar-refractivity contribution in [1.29, 1.82) is 0 Å². The lowest BCUT2D eigenvalue weighted by atomic mass is 10.2. The van der Waals surface area contributed by atoms with E-state index in [4.69, 9.17) is 0 Å². The van der Waals surface area contributed by atoms with Gasteiger partial charge in [0.1, 0.15) is 11.5 Å². The fraction of sp³-hybridized carbons (Fsp3) is 0. The van der Waals surface area contributed by atoms with Gasteiger partial charge >= 0.3 is 0 Å². The van der Waals surface area contributed by atoms with Crippen molar-refractivity contribution in [3.63, 3.8) is 0 Å². The van der Waals surface area contributed by atoms with Crippen LogP contribution in [-0.2, 0) is 0 Å². The highest BCUT2D eigenvalue weighted by atomic mass is 19.1. The van der Waals surface area contributed by atoms with E-state index < -0.39 is 17.3 Å². The minimum Gasteiger partial charge on any atom is -0.316 e. The van der Waals surface area contributed by atoms with Crippen molar-refractivity contribution in [1.82, 2.24) is 9.97 Å². The van der Waals surface area contributed by atoms with Gasteiger partial charge < -0.3 is 10.3 Å². The Morgan fingerprint density at radius 1 is 1.29 bits per heavy atom. The molecular weight excluding hydrogens is 225 g/mol. The number of rotatable bonds is 2.